The Hall–Kier alpha value is -1.49. The largest absolute Gasteiger partial charge is 0.481 e. The Morgan fingerprint density at radius 2 is 1.67 bits per heavy atom. The summed E-state index contributed by atoms with van der Waals surface area (Å²) < 4.78 is 51.5. The first-order valence-electron chi connectivity index (χ1n) is 7.32. The first-order valence-corrected chi connectivity index (χ1v) is 10.2. The molecule has 0 radical (unpaired) electrons. The molecule has 1 N–H and O–H groups in total. The number of carboxylic acid groups (broad SMARTS) is 1. The lowest BCUT2D eigenvalue weighted by molar-refractivity contribution is -0.142. The van der Waals surface area contributed by atoms with E-state index in [0.717, 1.165) is 8.61 Å². The third kappa shape index (κ3) is 3.61. The fraction of sp³-hybridized carbons (Fsp3) is 0.500. The third-order valence-electron chi connectivity index (χ3n) is 3.97. The highest BCUT2D eigenvalue weighted by atomic mass is 32.2. The van der Waals surface area contributed by atoms with Gasteiger partial charge in [-0.05, 0) is 37.1 Å². The first-order chi connectivity index (χ1) is 11.1. The summed E-state index contributed by atoms with van der Waals surface area (Å²) in [6.45, 7) is 0.180. The minimum Gasteiger partial charge on any atom is -0.481 e. The summed E-state index contributed by atoms with van der Waals surface area (Å²) in [4.78, 5) is 11.0. The second kappa shape index (κ2) is 6.79. The molecule has 1 aromatic carbocycles. The number of carboxylic acids is 1. The van der Waals surface area contributed by atoms with Gasteiger partial charge in [-0.1, -0.05) is 0 Å². The van der Waals surface area contributed by atoms with E-state index in [4.69, 9.17) is 5.11 Å². The van der Waals surface area contributed by atoms with Crippen molar-refractivity contribution in [1.29, 1.82) is 0 Å². The van der Waals surface area contributed by atoms with Crippen molar-refractivity contribution in [3.8, 4) is 0 Å². The number of benzene rings is 1. The van der Waals surface area contributed by atoms with E-state index in [1.165, 1.54) is 38.4 Å². The van der Waals surface area contributed by atoms with Crippen LogP contribution in [0.4, 0.5) is 0 Å². The molecule has 1 fully saturated rings. The van der Waals surface area contributed by atoms with Crippen LogP contribution in [0.3, 0.4) is 0 Å². The van der Waals surface area contributed by atoms with E-state index in [-0.39, 0.29) is 22.9 Å². The summed E-state index contributed by atoms with van der Waals surface area (Å²) in [6, 6.07) is 4.94. The van der Waals surface area contributed by atoms with E-state index in [2.05, 4.69) is 0 Å². The van der Waals surface area contributed by atoms with E-state index in [9.17, 15) is 21.6 Å². The summed E-state index contributed by atoms with van der Waals surface area (Å²) in [5.74, 6) is -1.73. The second-order valence-electron chi connectivity index (χ2n) is 5.80. The molecule has 0 aromatic heterocycles. The molecular formula is C14H20N2O6S2. The number of carbonyl (C=O) groups is 1. The number of nitrogens with zero attached hydrogens (tertiary/aromatic N) is 2. The van der Waals surface area contributed by atoms with E-state index in [0.29, 0.717) is 12.8 Å². The van der Waals surface area contributed by atoms with Crippen LogP contribution in [0.5, 0.6) is 0 Å². The van der Waals surface area contributed by atoms with Crippen LogP contribution in [0.25, 0.3) is 0 Å². The summed E-state index contributed by atoms with van der Waals surface area (Å²) in [5.41, 5.74) is 0. The molecule has 0 amide bonds. The minimum atomic E-state index is -3.85. The number of rotatable bonds is 5. The number of hydrogen-bond acceptors (Lipinski definition) is 5. The molecule has 10 heteroatoms. The Bertz CT molecular complexity index is 815. The fourth-order valence-corrected chi connectivity index (χ4v) is 4.93. The quantitative estimate of drug-likeness (QED) is 0.797. The normalized spacial score (nSPS) is 20.2. The van der Waals surface area contributed by atoms with Gasteiger partial charge in [0, 0.05) is 27.2 Å². The number of piperidine rings is 1. The molecular weight excluding hydrogens is 356 g/mol. The van der Waals surface area contributed by atoms with Crippen molar-refractivity contribution in [1.82, 2.24) is 8.61 Å². The lowest BCUT2D eigenvalue weighted by Gasteiger charge is -2.29. The van der Waals surface area contributed by atoms with Gasteiger partial charge < -0.3 is 5.11 Å². The first kappa shape index (κ1) is 18.8. The van der Waals surface area contributed by atoms with Gasteiger partial charge in [-0.25, -0.2) is 21.1 Å². The maximum Gasteiger partial charge on any atom is 0.307 e. The molecule has 1 saturated heterocycles. The van der Waals surface area contributed by atoms with Gasteiger partial charge in [-0.2, -0.15) is 4.31 Å². The Morgan fingerprint density at radius 1 is 1.12 bits per heavy atom. The molecule has 0 spiro atoms. The molecule has 1 atom stereocenters. The van der Waals surface area contributed by atoms with E-state index in [1.54, 1.807) is 0 Å². The molecule has 24 heavy (non-hydrogen) atoms. The van der Waals surface area contributed by atoms with Crippen LogP contribution in [-0.2, 0) is 24.8 Å². The maximum absolute atomic E-state index is 12.6. The highest BCUT2D eigenvalue weighted by molar-refractivity contribution is 7.89. The lowest BCUT2D eigenvalue weighted by atomic mass is 10.0. The fourth-order valence-electron chi connectivity index (χ4n) is 2.51. The molecule has 1 aliphatic rings. The molecule has 8 nitrogen and oxygen atoms in total. The predicted octanol–water partition coefficient (Wildman–Crippen LogP) is 0.422. The molecule has 2 rings (SSSR count). The lowest BCUT2D eigenvalue weighted by Crippen LogP contribution is -2.42. The van der Waals surface area contributed by atoms with Crippen LogP contribution in [0.1, 0.15) is 12.8 Å². The van der Waals surface area contributed by atoms with Gasteiger partial charge in [0.15, 0.2) is 0 Å². The summed E-state index contributed by atoms with van der Waals surface area (Å²) in [6.07, 6.45) is 0.921. The van der Waals surface area contributed by atoms with E-state index < -0.39 is 31.9 Å². The van der Waals surface area contributed by atoms with Crippen LogP contribution >= 0.6 is 0 Å². The molecule has 1 aromatic rings. The zero-order chi connectivity index (χ0) is 18.1. The summed E-state index contributed by atoms with van der Waals surface area (Å²) in [7, 11) is -4.71. The Balaban J connectivity index is 2.29. The van der Waals surface area contributed by atoms with Gasteiger partial charge in [0.25, 0.3) is 0 Å². The standard InChI is InChI=1S/C14H20N2O6S2/c1-15(2)23(19,20)12-5-7-13(8-6-12)24(21,22)16-9-3-4-11(10-16)14(17)18/h5-8,11H,3-4,9-10H2,1-2H3,(H,17,18)/t11-/m1/s1. The molecule has 134 valence electrons. The second-order valence-corrected chi connectivity index (χ2v) is 9.89. The summed E-state index contributed by atoms with van der Waals surface area (Å²) in [5, 5.41) is 9.08. The SMILES string of the molecule is CN(C)S(=O)(=O)c1ccc(S(=O)(=O)N2CCC[C@@H](C(=O)O)C2)cc1. The zero-order valence-corrected chi connectivity index (χ0v) is 15.0. The minimum absolute atomic E-state index is 0.00601. The Labute approximate surface area is 141 Å². The zero-order valence-electron chi connectivity index (χ0n) is 13.4. The van der Waals surface area contributed by atoms with Crippen molar-refractivity contribution < 1.29 is 26.7 Å². The monoisotopic (exact) mass is 376 g/mol. The maximum atomic E-state index is 12.6. The highest BCUT2D eigenvalue weighted by Gasteiger charge is 2.33. The van der Waals surface area contributed by atoms with Crippen LogP contribution in [0, 0.1) is 5.92 Å². The predicted molar refractivity (Wildman–Crippen MR) is 86.4 cm³/mol. The van der Waals surface area contributed by atoms with Crippen LogP contribution in [0.2, 0.25) is 0 Å². The number of aliphatic carboxylic acids is 1. The average molecular weight is 376 g/mol. The molecule has 0 aliphatic carbocycles. The van der Waals surface area contributed by atoms with Gasteiger partial charge in [0.1, 0.15) is 0 Å². The van der Waals surface area contributed by atoms with Crippen molar-refractivity contribution in [3.63, 3.8) is 0 Å². The Morgan fingerprint density at radius 3 is 2.17 bits per heavy atom. The molecule has 0 unspecified atom stereocenters. The van der Waals surface area contributed by atoms with E-state index in [1.807, 2.05) is 0 Å². The van der Waals surface area contributed by atoms with Crippen molar-refractivity contribution in [2.24, 2.45) is 5.92 Å². The highest BCUT2D eigenvalue weighted by Crippen LogP contribution is 2.25. The van der Waals surface area contributed by atoms with Gasteiger partial charge >= 0.3 is 5.97 Å². The molecule has 1 aliphatic heterocycles. The van der Waals surface area contributed by atoms with Crippen molar-refractivity contribution >= 4 is 26.0 Å². The van der Waals surface area contributed by atoms with Gasteiger partial charge in [0.05, 0.1) is 15.7 Å². The van der Waals surface area contributed by atoms with Crippen LogP contribution < -0.4 is 0 Å². The van der Waals surface area contributed by atoms with Crippen molar-refractivity contribution in [3.05, 3.63) is 24.3 Å². The summed E-state index contributed by atoms with van der Waals surface area (Å²) >= 11 is 0. The molecule has 0 bridgehead atoms. The van der Waals surface area contributed by atoms with Crippen LogP contribution in [0.15, 0.2) is 34.1 Å². The average Bonchev–Trinajstić information content (AvgIpc) is 2.54. The number of sulfonamides is 2. The van der Waals surface area contributed by atoms with Gasteiger partial charge in [-0.15, -0.1) is 0 Å². The molecule has 1 heterocycles. The molecule has 0 saturated carbocycles. The third-order valence-corrected chi connectivity index (χ3v) is 7.68. The van der Waals surface area contributed by atoms with Crippen molar-refractivity contribution in [2.75, 3.05) is 27.2 Å². The van der Waals surface area contributed by atoms with E-state index >= 15 is 0 Å². The Kier molecular flexibility index (Phi) is 5.33. The smallest absolute Gasteiger partial charge is 0.307 e. The van der Waals surface area contributed by atoms with Gasteiger partial charge in [0.2, 0.25) is 20.0 Å². The number of hydrogen-bond donors (Lipinski definition) is 1. The topological polar surface area (TPSA) is 112 Å². The van der Waals surface area contributed by atoms with Gasteiger partial charge in [-0.3, -0.25) is 4.79 Å². The van der Waals surface area contributed by atoms with Crippen LogP contribution in [-0.4, -0.2) is 63.7 Å². The van der Waals surface area contributed by atoms with Crippen molar-refractivity contribution in [2.45, 2.75) is 22.6 Å².